The quantitative estimate of drug-likeness (QED) is 0.330. The standard InChI is InChI=1S/C18H14Cl3N5O2/c1-9-6-10(19)7-11(17(27)25-22)15(9)24-18(28)13-8-12(20)16(21)26(13)14-4-2-3-5-23-14/h2-8H,22H2,1H3,(H,24,28)(H,25,27)/p+1. The van der Waals surface area contributed by atoms with E-state index < -0.39 is 11.8 Å². The van der Waals surface area contributed by atoms with Crippen LogP contribution in [-0.2, 0) is 0 Å². The molecule has 0 spiro atoms. The summed E-state index contributed by atoms with van der Waals surface area (Å²) in [5, 5.41) is 3.43. The van der Waals surface area contributed by atoms with E-state index in [1.807, 2.05) is 5.43 Å². The van der Waals surface area contributed by atoms with Crippen molar-refractivity contribution in [2.75, 3.05) is 5.32 Å². The smallest absolute Gasteiger partial charge is 0.296 e. The van der Waals surface area contributed by atoms with Crippen LogP contribution in [0.1, 0.15) is 26.4 Å². The third kappa shape index (κ3) is 3.83. The molecule has 0 aliphatic heterocycles. The predicted molar refractivity (Wildman–Crippen MR) is 108 cm³/mol. The minimum Gasteiger partial charge on any atom is -0.318 e. The number of anilines is 1. The average molecular weight is 440 g/mol. The molecule has 2 aromatic heterocycles. The van der Waals surface area contributed by atoms with Crippen molar-refractivity contribution in [1.82, 2.24) is 9.99 Å². The first-order valence-electron chi connectivity index (χ1n) is 7.99. The Bertz CT molecular complexity index is 1070. The number of nitrogens with two attached hydrogens (primary N) is 1. The van der Waals surface area contributed by atoms with E-state index in [-0.39, 0.29) is 27.1 Å². The molecule has 0 fully saturated rings. The monoisotopic (exact) mass is 438 g/mol. The number of aromatic amines is 1. The minimum atomic E-state index is -0.594. The van der Waals surface area contributed by atoms with Gasteiger partial charge in [0.05, 0.1) is 17.4 Å². The fourth-order valence-electron chi connectivity index (χ4n) is 2.73. The number of pyridine rings is 1. The van der Waals surface area contributed by atoms with Crippen molar-refractivity contribution in [3.05, 3.63) is 74.6 Å². The lowest BCUT2D eigenvalue weighted by atomic mass is 10.1. The Kier molecular flexibility index (Phi) is 5.90. The zero-order valence-corrected chi connectivity index (χ0v) is 16.8. The molecule has 0 saturated carbocycles. The molecule has 0 aliphatic rings. The summed E-state index contributed by atoms with van der Waals surface area (Å²) in [6.07, 6.45) is 1.69. The number of nitrogens with zero attached hydrogens (tertiary/aromatic N) is 1. The number of rotatable bonds is 4. The van der Waals surface area contributed by atoms with Gasteiger partial charge in [-0.2, -0.15) is 4.57 Å². The van der Waals surface area contributed by atoms with Gasteiger partial charge in [-0.3, -0.25) is 15.0 Å². The van der Waals surface area contributed by atoms with Crippen molar-refractivity contribution in [2.45, 2.75) is 6.92 Å². The highest BCUT2D eigenvalue weighted by Gasteiger charge is 2.28. The van der Waals surface area contributed by atoms with Crippen LogP contribution in [0.5, 0.6) is 0 Å². The van der Waals surface area contributed by atoms with Crippen LogP contribution in [0.2, 0.25) is 15.2 Å². The van der Waals surface area contributed by atoms with E-state index >= 15 is 0 Å². The highest BCUT2D eigenvalue weighted by Crippen LogP contribution is 2.30. The molecule has 10 heteroatoms. The number of carbonyl (C=O) groups excluding carboxylic acids is 2. The van der Waals surface area contributed by atoms with Gasteiger partial charge in [0.25, 0.3) is 17.6 Å². The Hall–Kier alpha value is -2.58. The molecule has 5 N–H and O–H groups in total. The van der Waals surface area contributed by atoms with Crippen molar-refractivity contribution in [3.63, 3.8) is 0 Å². The molecule has 0 radical (unpaired) electrons. The Morgan fingerprint density at radius 1 is 1.11 bits per heavy atom. The van der Waals surface area contributed by atoms with Crippen LogP contribution < -0.4 is 21.6 Å². The number of hydrazine groups is 1. The summed E-state index contributed by atoms with van der Waals surface area (Å²) in [6.45, 7) is 1.71. The third-order valence-corrected chi connectivity index (χ3v) is 4.95. The van der Waals surface area contributed by atoms with Gasteiger partial charge in [0.15, 0.2) is 0 Å². The number of amides is 2. The maximum absolute atomic E-state index is 13.0. The fraction of sp³-hybridized carbons (Fsp3) is 0.0556. The fourth-order valence-corrected chi connectivity index (χ4v) is 3.42. The molecule has 0 unspecified atom stereocenters. The van der Waals surface area contributed by atoms with E-state index in [9.17, 15) is 9.59 Å². The van der Waals surface area contributed by atoms with Gasteiger partial charge in [0, 0.05) is 17.2 Å². The molecule has 3 rings (SSSR count). The largest absolute Gasteiger partial charge is 0.318 e. The molecule has 0 saturated heterocycles. The van der Waals surface area contributed by atoms with Crippen molar-refractivity contribution in [1.29, 1.82) is 0 Å². The highest BCUT2D eigenvalue weighted by atomic mass is 35.5. The van der Waals surface area contributed by atoms with Gasteiger partial charge in [-0.1, -0.05) is 29.3 Å². The minimum absolute atomic E-state index is 0.127. The molecule has 2 amide bonds. The van der Waals surface area contributed by atoms with Crippen LogP contribution >= 0.6 is 34.8 Å². The lowest BCUT2D eigenvalue weighted by Crippen LogP contribution is -2.31. The average Bonchev–Trinajstić information content (AvgIpc) is 2.98. The van der Waals surface area contributed by atoms with Gasteiger partial charge in [-0.25, -0.2) is 10.8 Å². The van der Waals surface area contributed by atoms with Crippen LogP contribution in [0.4, 0.5) is 5.69 Å². The molecule has 144 valence electrons. The van der Waals surface area contributed by atoms with Crippen molar-refractivity contribution in [2.24, 2.45) is 5.84 Å². The van der Waals surface area contributed by atoms with Gasteiger partial charge in [-0.05, 0) is 42.3 Å². The topological polar surface area (TPSA) is 103 Å². The molecule has 0 aliphatic carbocycles. The number of benzene rings is 1. The second-order valence-corrected chi connectivity index (χ2v) is 7.03. The van der Waals surface area contributed by atoms with E-state index in [0.717, 1.165) is 0 Å². The number of hydrogen-bond acceptors (Lipinski definition) is 3. The second-order valence-electron chi connectivity index (χ2n) is 5.82. The first-order valence-corrected chi connectivity index (χ1v) is 9.13. The van der Waals surface area contributed by atoms with Crippen LogP contribution in [0.25, 0.3) is 5.82 Å². The molecule has 2 heterocycles. The van der Waals surface area contributed by atoms with Gasteiger partial charge in [-0.15, -0.1) is 0 Å². The normalized spacial score (nSPS) is 10.6. The number of nitrogens with one attached hydrogen (secondary N) is 3. The van der Waals surface area contributed by atoms with Crippen LogP contribution in [0.15, 0.2) is 42.6 Å². The second kappa shape index (κ2) is 8.20. The van der Waals surface area contributed by atoms with Crippen molar-refractivity contribution < 1.29 is 14.6 Å². The van der Waals surface area contributed by atoms with Gasteiger partial charge >= 0.3 is 0 Å². The first-order chi connectivity index (χ1) is 13.3. The Morgan fingerprint density at radius 2 is 1.86 bits per heavy atom. The molecule has 0 bridgehead atoms. The SMILES string of the molecule is Cc1cc(Cl)cc(C(=O)NN)c1NC(=O)c1cc(Cl)c(Cl)n1-c1cccc[nH+]1. The van der Waals surface area contributed by atoms with Gasteiger partial charge in [0.1, 0.15) is 5.02 Å². The molecule has 3 aromatic rings. The van der Waals surface area contributed by atoms with E-state index in [1.165, 1.54) is 16.7 Å². The Morgan fingerprint density at radius 3 is 2.50 bits per heavy atom. The van der Waals surface area contributed by atoms with E-state index in [4.69, 9.17) is 40.6 Å². The van der Waals surface area contributed by atoms with Crippen LogP contribution in [0, 0.1) is 6.92 Å². The Labute approximate surface area is 175 Å². The van der Waals surface area contributed by atoms with E-state index in [1.54, 1.807) is 37.4 Å². The maximum Gasteiger partial charge on any atom is 0.296 e. The zero-order valence-electron chi connectivity index (χ0n) is 14.5. The van der Waals surface area contributed by atoms with Crippen molar-refractivity contribution in [3.8, 4) is 5.82 Å². The summed E-state index contributed by atoms with van der Waals surface area (Å²) < 4.78 is 1.47. The number of aromatic nitrogens is 2. The molecular formula is C18H15Cl3N5O2+. The number of hydrogen-bond donors (Lipinski definition) is 3. The molecular weight excluding hydrogens is 425 g/mol. The predicted octanol–water partition coefficient (Wildman–Crippen LogP) is 3.42. The van der Waals surface area contributed by atoms with Gasteiger partial charge < -0.3 is 5.32 Å². The van der Waals surface area contributed by atoms with Crippen LogP contribution in [-0.4, -0.2) is 16.4 Å². The molecule has 0 atom stereocenters. The summed E-state index contributed by atoms with van der Waals surface area (Å²) in [5.41, 5.74) is 3.19. The number of H-pyrrole nitrogens is 1. The van der Waals surface area contributed by atoms with Crippen LogP contribution in [0.3, 0.4) is 0 Å². The Balaban J connectivity index is 2.07. The van der Waals surface area contributed by atoms with Crippen molar-refractivity contribution >= 4 is 52.3 Å². The summed E-state index contributed by atoms with van der Waals surface area (Å²) >= 11 is 18.5. The lowest BCUT2D eigenvalue weighted by Gasteiger charge is -2.13. The number of carbonyl (C=O) groups is 2. The number of nitrogen functional groups attached to an aromatic ring is 1. The number of halogens is 3. The zero-order chi connectivity index (χ0) is 20.4. The summed E-state index contributed by atoms with van der Waals surface area (Å²) in [6, 6.07) is 9.78. The summed E-state index contributed by atoms with van der Waals surface area (Å²) in [7, 11) is 0. The third-order valence-electron chi connectivity index (χ3n) is 3.98. The molecule has 1 aromatic carbocycles. The van der Waals surface area contributed by atoms with E-state index in [0.29, 0.717) is 16.4 Å². The lowest BCUT2D eigenvalue weighted by molar-refractivity contribution is -0.373. The first kappa shape index (κ1) is 20.2. The summed E-state index contributed by atoms with van der Waals surface area (Å²) in [4.78, 5) is 28.1. The van der Waals surface area contributed by atoms with E-state index in [2.05, 4.69) is 10.3 Å². The van der Waals surface area contributed by atoms with Gasteiger partial charge in [0.2, 0.25) is 10.8 Å². The molecule has 7 nitrogen and oxygen atoms in total. The molecule has 28 heavy (non-hydrogen) atoms. The maximum atomic E-state index is 13.0. The highest BCUT2D eigenvalue weighted by molar-refractivity contribution is 6.42. The number of aryl methyl sites for hydroxylation is 1. The summed E-state index contributed by atoms with van der Waals surface area (Å²) in [5.74, 6) is 4.66.